The Morgan fingerprint density at radius 1 is 1.04 bits per heavy atom. The van der Waals surface area contributed by atoms with Crippen LogP contribution < -0.4 is 15.4 Å². The predicted octanol–water partition coefficient (Wildman–Crippen LogP) is 5.06. The molecule has 0 saturated carbocycles. The monoisotopic (exact) mass is 375 g/mol. The molecule has 3 rings (SSSR count). The minimum atomic E-state index is 0.294. The zero-order chi connectivity index (χ0) is 17.6. The molecule has 0 aliphatic heterocycles. The summed E-state index contributed by atoms with van der Waals surface area (Å²) in [7, 11) is 0. The van der Waals surface area contributed by atoms with Crippen molar-refractivity contribution in [1.82, 2.24) is 15.2 Å². The summed E-state index contributed by atoms with van der Waals surface area (Å²) >= 11 is 12.1. The first-order valence-corrected chi connectivity index (χ1v) is 8.32. The molecule has 3 aromatic rings. The van der Waals surface area contributed by atoms with Gasteiger partial charge in [-0.1, -0.05) is 35.3 Å². The van der Waals surface area contributed by atoms with E-state index in [2.05, 4.69) is 25.8 Å². The van der Waals surface area contributed by atoms with Gasteiger partial charge < -0.3 is 15.4 Å². The van der Waals surface area contributed by atoms with Crippen molar-refractivity contribution in [1.29, 1.82) is 0 Å². The van der Waals surface area contributed by atoms with Crippen LogP contribution in [0, 0.1) is 0 Å². The van der Waals surface area contributed by atoms with Crippen molar-refractivity contribution in [3.05, 3.63) is 58.7 Å². The zero-order valence-electron chi connectivity index (χ0n) is 13.3. The summed E-state index contributed by atoms with van der Waals surface area (Å²) in [6, 6.07) is 12.7. The van der Waals surface area contributed by atoms with Crippen LogP contribution in [-0.4, -0.2) is 21.8 Å². The van der Waals surface area contributed by atoms with E-state index in [0.717, 1.165) is 11.4 Å². The van der Waals surface area contributed by atoms with Gasteiger partial charge in [0.2, 0.25) is 5.95 Å². The van der Waals surface area contributed by atoms with Crippen molar-refractivity contribution < 1.29 is 4.74 Å². The summed E-state index contributed by atoms with van der Waals surface area (Å²) in [6.45, 7) is 2.50. The minimum absolute atomic E-state index is 0.294. The van der Waals surface area contributed by atoms with Crippen LogP contribution in [-0.2, 0) is 0 Å². The maximum absolute atomic E-state index is 6.14. The lowest BCUT2D eigenvalue weighted by Gasteiger charge is -2.12. The number of halogens is 2. The molecule has 0 radical (unpaired) electrons. The van der Waals surface area contributed by atoms with Gasteiger partial charge in [0.05, 0.1) is 29.2 Å². The minimum Gasteiger partial charge on any atom is -0.492 e. The second-order valence-corrected chi connectivity index (χ2v) is 5.81. The summed E-state index contributed by atoms with van der Waals surface area (Å²) in [5, 5.41) is 15.2. The van der Waals surface area contributed by atoms with E-state index in [0.29, 0.717) is 34.1 Å². The van der Waals surface area contributed by atoms with Crippen molar-refractivity contribution in [3.8, 4) is 5.75 Å². The lowest BCUT2D eigenvalue weighted by atomic mass is 10.3. The lowest BCUT2D eigenvalue weighted by Crippen LogP contribution is -2.04. The Bertz CT molecular complexity index is 875. The van der Waals surface area contributed by atoms with Gasteiger partial charge >= 0.3 is 0 Å². The quantitative estimate of drug-likeness (QED) is 0.626. The molecule has 0 saturated heterocycles. The number of benzene rings is 2. The summed E-state index contributed by atoms with van der Waals surface area (Å²) in [5.41, 5.74) is 1.39. The highest BCUT2D eigenvalue weighted by Gasteiger charge is 2.08. The van der Waals surface area contributed by atoms with Gasteiger partial charge in [-0.3, -0.25) is 0 Å². The SMILES string of the molecule is CCOc1ccccc1Nc1cnnc(Nc2cc(Cl)ccc2Cl)n1. The Hall–Kier alpha value is -2.57. The van der Waals surface area contributed by atoms with E-state index in [4.69, 9.17) is 27.9 Å². The number of nitrogens with one attached hydrogen (secondary N) is 2. The van der Waals surface area contributed by atoms with Crippen LogP contribution in [0.25, 0.3) is 0 Å². The number of rotatable bonds is 6. The van der Waals surface area contributed by atoms with Crippen LogP contribution in [0.2, 0.25) is 10.0 Å². The van der Waals surface area contributed by atoms with Gasteiger partial charge in [0.1, 0.15) is 5.75 Å². The van der Waals surface area contributed by atoms with Gasteiger partial charge in [0.25, 0.3) is 0 Å². The van der Waals surface area contributed by atoms with Crippen LogP contribution in [0.4, 0.5) is 23.1 Å². The number of ether oxygens (including phenoxy) is 1. The fourth-order valence-corrected chi connectivity index (χ4v) is 2.46. The molecule has 0 amide bonds. The Morgan fingerprint density at radius 3 is 2.72 bits per heavy atom. The maximum Gasteiger partial charge on any atom is 0.249 e. The second kappa shape index (κ2) is 8.00. The topological polar surface area (TPSA) is 72.0 Å². The van der Waals surface area contributed by atoms with Crippen LogP contribution in [0.5, 0.6) is 5.75 Å². The van der Waals surface area contributed by atoms with Gasteiger partial charge in [-0.15, -0.1) is 5.10 Å². The van der Waals surface area contributed by atoms with E-state index in [1.54, 1.807) is 18.2 Å². The highest BCUT2D eigenvalue weighted by molar-refractivity contribution is 6.35. The predicted molar refractivity (Wildman–Crippen MR) is 100 cm³/mol. The first-order valence-electron chi connectivity index (χ1n) is 7.56. The molecule has 8 heteroatoms. The van der Waals surface area contributed by atoms with Crippen molar-refractivity contribution >= 4 is 46.3 Å². The zero-order valence-corrected chi connectivity index (χ0v) is 14.8. The molecule has 0 unspecified atom stereocenters. The molecule has 0 fully saturated rings. The van der Waals surface area contributed by atoms with Gasteiger partial charge in [-0.05, 0) is 37.3 Å². The molecule has 25 heavy (non-hydrogen) atoms. The number of para-hydroxylation sites is 2. The molecule has 0 aliphatic carbocycles. The third-order valence-electron chi connectivity index (χ3n) is 3.18. The van der Waals surface area contributed by atoms with Crippen molar-refractivity contribution in [2.75, 3.05) is 17.2 Å². The van der Waals surface area contributed by atoms with Gasteiger partial charge in [-0.25, -0.2) is 0 Å². The number of anilines is 4. The van der Waals surface area contributed by atoms with Crippen molar-refractivity contribution in [2.24, 2.45) is 0 Å². The Morgan fingerprint density at radius 2 is 1.88 bits per heavy atom. The van der Waals surface area contributed by atoms with Crippen LogP contribution >= 0.6 is 23.2 Å². The Kier molecular flexibility index (Phi) is 5.53. The fourth-order valence-electron chi connectivity index (χ4n) is 2.12. The number of hydrogen-bond acceptors (Lipinski definition) is 6. The first-order chi connectivity index (χ1) is 12.2. The first kappa shape index (κ1) is 17.3. The molecular formula is C17H15Cl2N5O. The smallest absolute Gasteiger partial charge is 0.249 e. The third-order valence-corrected chi connectivity index (χ3v) is 3.75. The summed E-state index contributed by atoms with van der Waals surface area (Å²) in [4.78, 5) is 4.38. The van der Waals surface area contributed by atoms with Crippen molar-refractivity contribution in [2.45, 2.75) is 6.92 Å². The average molecular weight is 376 g/mol. The van der Waals surface area contributed by atoms with E-state index in [1.165, 1.54) is 6.20 Å². The average Bonchev–Trinajstić information content (AvgIpc) is 2.60. The molecule has 0 aliphatic rings. The van der Waals surface area contributed by atoms with E-state index in [-0.39, 0.29) is 0 Å². The van der Waals surface area contributed by atoms with Crippen molar-refractivity contribution in [3.63, 3.8) is 0 Å². The number of aromatic nitrogens is 3. The highest BCUT2D eigenvalue weighted by atomic mass is 35.5. The van der Waals surface area contributed by atoms with Crippen LogP contribution in [0.15, 0.2) is 48.7 Å². The molecule has 0 atom stereocenters. The molecule has 0 spiro atoms. The normalized spacial score (nSPS) is 10.4. The summed E-state index contributed by atoms with van der Waals surface area (Å²) < 4.78 is 5.59. The fraction of sp³-hybridized carbons (Fsp3) is 0.118. The van der Waals surface area contributed by atoms with Gasteiger partial charge in [0, 0.05) is 5.02 Å². The molecule has 1 heterocycles. The standard InChI is InChI=1S/C17H15Cl2N5O/c1-2-25-15-6-4-3-5-13(15)21-16-10-20-24-17(23-16)22-14-9-11(18)7-8-12(14)19/h3-10H,2H2,1H3,(H2,21,22,23,24). The Labute approximate surface area is 155 Å². The summed E-state index contributed by atoms with van der Waals surface area (Å²) in [6.07, 6.45) is 1.52. The van der Waals surface area contributed by atoms with E-state index in [9.17, 15) is 0 Å². The molecule has 0 bridgehead atoms. The lowest BCUT2D eigenvalue weighted by molar-refractivity contribution is 0.342. The third kappa shape index (κ3) is 4.49. The highest BCUT2D eigenvalue weighted by Crippen LogP contribution is 2.29. The maximum atomic E-state index is 6.14. The van der Waals surface area contributed by atoms with Gasteiger partial charge in [0.15, 0.2) is 5.82 Å². The number of nitrogens with zero attached hydrogens (tertiary/aromatic N) is 3. The van der Waals surface area contributed by atoms with E-state index in [1.807, 2.05) is 31.2 Å². The molecule has 128 valence electrons. The molecule has 2 aromatic carbocycles. The molecular weight excluding hydrogens is 361 g/mol. The largest absolute Gasteiger partial charge is 0.492 e. The Balaban J connectivity index is 1.81. The van der Waals surface area contributed by atoms with E-state index >= 15 is 0 Å². The number of hydrogen-bond donors (Lipinski definition) is 2. The molecule has 6 nitrogen and oxygen atoms in total. The molecule has 2 N–H and O–H groups in total. The van der Waals surface area contributed by atoms with Crippen LogP contribution in [0.1, 0.15) is 6.92 Å². The van der Waals surface area contributed by atoms with Crippen LogP contribution in [0.3, 0.4) is 0 Å². The van der Waals surface area contributed by atoms with Gasteiger partial charge in [-0.2, -0.15) is 10.1 Å². The molecule has 1 aromatic heterocycles. The van der Waals surface area contributed by atoms with E-state index < -0.39 is 0 Å². The second-order valence-electron chi connectivity index (χ2n) is 4.97. The summed E-state index contributed by atoms with van der Waals surface area (Å²) in [5.74, 6) is 1.54.